The van der Waals surface area contributed by atoms with Crippen LogP contribution in [-0.4, -0.2) is 35.3 Å². The molecule has 5 fully saturated rings. The standard InChI is InChI=1S/C23H34O5/c1-4-18-7-6-8-19(18)26-21(25)15(3)27-22-10-16-9-17(11-22)13-23(12-16,14-22)28-20(24)5-2/h5,15-19H,2,4,6-14H2,1,3H3. The molecular formula is C23H34O5. The molecule has 5 aliphatic carbocycles. The molecule has 0 aromatic carbocycles. The molecule has 5 unspecified atom stereocenters. The quantitative estimate of drug-likeness (QED) is 0.478. The van der Waals surface area contributed by atoms with Crippen molar-refractivity contribution in [2.24, 2.45) is 17.8 Å². The Morgan fingerprint density at radius 3 is 2.46 bits per heavy atom. The van der Waals surface area contributed by atoms with Crippen LogP contribution < -0.4 is 0 Å². The highest BCUT2D eigenvalue weighted by molar-refractivity contribution is 5.81. The topological polar surface area (TPSA) is 61.8 Å². The first-order chi connectivity index (χ1) is 13.4. The summed E-state index contributed by atoms with van der Waals surface area (Å²) in [6.07, 6.45) is 10.6. The van der Waals surface area contributed by atoms with Crippen LogP contribution in [0.15, 0.2) is 12.7 Å². The van der Waals surface area contributed by atoms with Crippen LogP contribution >= 0.6 is 0 Å². The number of esters is 2. The van der Waals surface area contributed by atoms with Crippen LogP contribution in [0.4, 0.5) is 0 Å². The highest BCUT2D eigenvalue weighted by Gasteiger charge is 2.61. The molecule has 0 aromatic rings. The molecule has 4 bridgehead atoms. The SMILES string of the molecule is C=CC(=O)OC12CC3CC(C1)CC(OC(C)C(=O)OC1CCCC1CC)(C3)C2. The van der Waals surface area contributed by atoms with Crippen molar-refractivity contribution in [2.45, 2.75) is 101 Å². The molecule has 5 heteroatoms. The van der Waals surface area contributed by atoms with E-state index in [1.807, 2.05) is 6.92 Å². The van der Waals surface area contributed by atoms with Crippen LogP contribution in [0.3, 0.4) is 0 Å². The van der Waals surface area contributed by atoms with Crippen molar-refractivity contribution in [3.63, 3.8) is 0 Å². The first-order valence-electron chi connectivity index (χ1n) is 11.1. The molecule has 0 N–H and O–H groups in total. The summed E-state index contributed by atoms with van der Waals surface area (Å²) in [6.45, 7) is 7.52. The zero-order valence-corrected chi connectivity index (χ0v) is 17.3. The predicted molar refractivity (Wildman–Crippen MR) is 104 cm³/mol. The summed E-state index contributed by atoms with van der Waals surface area (Å²) in [4.78, 5) is 24.7. The maximum atomic E-state index is 12.7. The second kappa shape index (κ2) is 7.47. The Morgan fingerprint density at radius 2 is 1.82 bits per heavy atom. The number of ether oxygens (including phenoxy) is 3. The van der Waals surface area contributed by atoms with E-state index >= 15 is 0 Å². The smallest absolute Gasteiger partial charge is 0.335 e. The molecule has 5 saturated carbocycles. The van der Waals surface area contributed by atoms with E-state index < -0.39 is 11.7 Å². The molecule has 5 nitrogen and oxygen atoms in total. The lowest BCUT2D eigenvalue weighted by molar-refractivity contribution is -0.245. The largest absolute Gasteiger partial charge is 0.460 e. The average Bonchev–Trinajstić information content (AvgIpc) is 3.06. The Morgan fingerprint density at radius 1 is 1.14 bits per heavy atom. The summed E-state index contributed by atoms with van der Waals surface area (Å²) < 4.78 is 18.1. The molecule has 5 atom stereocenters. The van der Waals surface area contributed by atoms with Crippen LogP contribution in [-0.2, 0) is 23.8 Å². The van der Waals surface area contributed by atoms with Crippen molar-refractivity contribution in [3.8, 4) is 0 Å². The lowest BCUT2D eigenvalue weighted by Gasteiger charge is -2.60. The van der Waals surface area contributed by atoms with Gasteiger partial charge in [0.2, 0.25) is 0 Å². The Hall–Kier alpha value is -1.36. The molecule has 0 heterocycles. The van der Waals surface area contributed by atoms with E-state index in [1.165, 1.54) is 12.5 Å². The van der Waals surface area contributed by atoms with Crippen molar-refractivity contribution in [2.75, 3.05) is 0 Å². The van der Waals surface area contributed by atoms with Gasteiger partial charge in [0.25, 0.3) is 0 Å². The summed E-state index contributed by atoms with van der Waals surface area (Å²) in [5, 5.41) is 0. The van der Waals surface area contributed by atoms with Gasteiger partial charge in [-0.25, -0.2) is 9.59 Å². The summed E-state index contributed by atoms with van der Waals surface area (Å²) in [5.41, 5.74) is -0.818. The fourth-order valence-corrected chi connectivity index (χ4v) is 6.90. The van der Waals surface area contributed by atoms with Crippen LogP contribution in [0.1, 0.15) is 78.1 Å². The molecule has 5 rings (SSSR count). The summed E-state index contributed by atoms with van der Waals surface area (Å²) >= 11 is 0. The van der Waals surface area contributed by atoms with Gasteiger partial charge < -0.3 is 14.2 Å². The molecule has 0 spiro atoms. The number of carbonyl (C=O) groups excluding carboxylic acids is 2. The lowest BCUT2D eigenvalue weighted by atomic mass is 9.52. The highest BCUT2D eigenvalue weighted by Crippen LogP contribution is 2.60. The Bertz CT molecular complexity index is 627. The average molecular weight is 391 g/mol. The fraction of sp³-hybridized carbons (Fsp3) is 0.826. The van der Waals surface area contributed by atoms with Gasteiger partial charge in [0.05, 0.1) is 5.60 Å². The molecule has 0 aliphatic heterocycles. The maximum absolute atomic E-state index is 12.7. The van der Waals surface area contributed by atoms with Gasteiger partial charge in [-0.1, -0.05) is 13.5 Å². The third-order valence-corrected chi connectivity index (χ3v) is 7.58. The molecule has 156 valence electrons. The Kier molecular flexibility index (Phi) is 5.32. The van der Waals surface area contributed by atoms with Gasteiger partial charge in [0.1, 0.15) is 11.7 Å². The zero-order valence-electron chi connectivity index (χ0n) is 17.3. The number of carbonyl (C=O) groups is 2. The van der Waals surface area contributed by atoms with Crippen LogP contribution in [0.2, 0.25) is 0 Å². The predicted octanol–water partition coefficient (Wildman–Crippen LogP) is 4.33. The normalized spacial score (nSPS) is 42.2. The Labute approximate surface area is 168 Å². The summed E-state index contributed by atoms with van der Waals surface area (Å²) in [7, 11) is 0. The molecular weight excluding hydrogens is 356 g/mol. The minimum atomic E-state index is -0.582. The molecule has 0 amide bonds. The van der Waals surface area contributed by atoms with Crippen molar-refractivity contribution in [1.29, 1.82) is 0 Å². The van der Waals surface area contributed by atoms with E-state index in [-0.39, 0.29) is 23.6 Å². The van der Waals surface area contributed by atoms with E-state index in [4.69, 9.17) is 14.2 Å². The van der Waals surface area contributed by atoms with E-state index in [0.717, 1.165) is 51.4 Å². The van der Waals surface area contributed by atoms with Gasteiger partial charge in [-0.2, -0.15) is 0 Å². The van der Waals surface area contributed by atoms with Crippen LogP contribution in [0.5, 0.6) is 0 Å². The van der Waals surface area contributed by atoms with Gasteiger partial charge in [0.15, 0.2) is 6.10 Å². The van der Waals surface area contributed by atoms with Gasteiger partial charge in [0, 0.05) is 12.5 Å². The molecule has 28 heavy (non-hydrogen) atoms. The minimum Gasteiger partial charge on any atom is -0.460 e. The minimum absolute atomic E-state index is 0.0415. The van der Waals surface area contributed by atoms with Crippen LogP contribution in [0.25, 0.3) is 0 Å². The Balaban J connectivity index is 1.42. The van der Waals surface area contributed by atoms with Gasteiger partial charge in [-0.05, 0) is 82.5 Å². The highest BCUT2D eigenvalue weighted by atomic mass is 16.6. The van der Waals surface area contributed by atoms with Crippen molar-refractivity contribution in [3.05, 3.63) is 12.7 Å². The fourth-order valence-electron chi connectivity index (χ4n) is 6.90. The second-order valence-corrected chi connectivity index (χ2v) is 9.79. The molecule has 0 radical (unpaired) electrons. The van der Waals surface area contributed by atoms with Crippen molar-refractivity contribution < 1.29 is 23.8 Å². The third-order valence-electron chi connectivity index (χ3n) is 7.58. The third kappa shape index (κ3) is 3.74. The van der Waals surface area contributed by atoms with E-state index in [9.17, 15) is 9.59 Å². The van der Waals surface area contributed by atoms with E-state index in [1.54, 1.807) is 0 Å². The monoisotopic (exact) mass is 390 g/mol. The first kappa shape index (κ1) is 19.9. The molecule has 5 aliphatic rings. The number of hydrogen-bond acceptors (Lipinski definition) is 5. The van der Waals surface area contributed by atoms with Crippen LogP contribution in [0, 0.1) is 17.8 Å². The summed E-state index contributed by atoms with van der Waals surface area (Å²) in [6, 6.07) is 0. The van der Waals surface area contributed by atoms with Gasteiger partial charge in [-0.3, -0.25) is 0 Å². The second-order valence-electron chi connectivity index (χ2n) is 9.79. The van der Waals surface area contributed by atoms with Gasteiger partial charge >= 0.3 is 11.9 Å². The number of rotatable bonds is 7. The number of hydrogen-bond donors (Lipinski definition) is 0. The van der Waals surface area contributed by atoms with Crippen molar-refractivity contribution in [1.82, 2.24) is 0 Å². The van der Waals surface area contributed by atoms with E-state index in [2.05, 4.69) is 13.5 Å². The molecule has 0 aromatic heterocycles. The zero-order chi connectivity index (χ0) is 19.9. The summed E-state index contributed by atoms with van der Waals surface area (Å²) in [5.74, 6) is 0.898. The molecule has 0 saturated heterocycles. The van der Waals surface area contributed by atoms with Crippen molar-refractivity contribution >= 4 is 11.9 Å². The van der Waals surface area contributed by atoms with Gasteiger partial charge in [-0.15, -0.1) is 0 Å². The first-order valence-corrected chi connectivity index (χ1v) is 11.1. The maximum Gasteiger partial charge on any atom is 0.335 e. The lowest BCUT2D eigenvalue weighted by Crippen LogP contribution is -2.62. The van der Waals surface area contributed by atoms with E-state index in [0.29, 0.717) is 24.2 Å².